The van der Waals surface area contributed by atoms with Crippen LogP contribution in [0.1, 0.15) is 5.56 Å². The molecule has 0 unspecified atom stereocenters. The molecule has 0 spiro atoms. The average molecular weight is 305 g/mol. The van der Waals surface area contributed by atoms with E-state index in [9.17, 15) is 4.39 Å². The molecule has 1 saturated heterocycles. The van der Waals surface area contributed by atoms with E-state index in [0.717, 1.165) is 31.9 Å². The van der Waals surface area contributed by atoms with Crippen LogP contribution in [0.25, 0.3) is 0 Å². The van der Waals surface area contributed by atoms with Gasteiger partial charge in [0.15, 0.2) is 0 Å². The zero-order valence-electron chi connectivity index (χ0n) is 11.8. The van der Waals surface area contributed by atoms with Crippen LogP contribution in [-0.2, 0) is 5.88 Å². The van der Waals surface area contributed by atoms with Crippen LogP contribution in [0.4, 0.5) is 15.8 Å². The van der Waals surface area contributed by atoms with E-state index in [4.69, 9.17) is 11.6 Å². The highest BCUT2D eigenvalue weighted by Crippen LogP contribution is 2.27. The maximum Gasteiger partial charge on any atom is 0.129 e. The number of rotatable bonds is 3. The molecule has 2 nitrogen and oxygen atoms in total. The number of para-hydroxylation sites is 1. The summed E-state index contributed by atoms with van der Waals surface area (Å²) in [5, 5.41) is 0. The third kappa shape index (κ3) is 2.98. The Hall–Kier alpha value is -1.74. The second-order valence-corrected chi connectivity index (χ2v) is 5.45. The number of alkyl halides is 1. The van der Waals surface area contributed by atoms with Gasteiger partial charge in [-0.2, -0.15) is 0 Å². The van der Waals surface area contributed by atoms with Crippen LogP contribution in [0.3, 0.4) is 0 Å². The molecule has 0 N–H and O–H groups in total. The third-order valence-electron chi connectivity index (χ3n) is 3.97. The van der Waals surface area contributed by atoms with Crippen LogP contribution in [0.15, 0.2) is 48.5 Å². The molecule has 1 aliphatic heterocycles. The molecule has 2 aromatic rings. The standard InChI is InChI=1S/C17H18ClFN2/c18-13-15-16(19)7-4-8-17(15)21-11-9-20(10-12-21)14-5-2-1-3-6-14/h1-8H,9-13H2. The largest absolute Gasteiger partial charge is 0.368 e. The second kappa shape index (κ2) is 6.35. The number of hydrogen-bond acceptors (Lipinski definition) is 2. The van der Waals surface area contributed by atoms with Gasteiger partial charge in [0.25, 0.3) is 0 Å². The van der Waals surface area contributed by atoms with E-state index in [-0.39, 0.29) is 11.7 Å². The average Bonchev–Trinajstić information content (AvgIpc) is 2.55. The van der Waals surface area contributed by atoms with Gasteiger partial charge < -0.3 is 9.80 Å². The van der Waals surface area contributed by atoms with Crippen molar-refractivity contribution >= 4 is 23.0 Å². The van der Waals surface area contributed by atoms with Crippen molar-refractivity contribution in [3.63, 3.8) is 0 Å². The highest BCUT2D eigenvalue weighted by Gasteiger charge is 2.20. The Morgan fingerprint density at radius 3 is 2.19 bits per heavy atom. The van der Waals surface area contributed by atoms with Gasteiger partial charge in [0.2, 0.25) is 0 Å². The molecule has 21 heavy (non-hydrogen) atoms. The minimum absolute atomic E-state index is 0.209. The van der Waals surface area contributed by atoms with Crippen molar-refractivity contribution in [2.45, 2.75) is 5.88 Å². The Labute approximate surface area is 129 Å². The van der Waals surface area contributed by atoms with Gasteiger partial charge in [-0.25, -0.2) is 4.39 Å². The molecular formula is C17H18ClFN2. The number of hydrogen-bond donors (Lipinski definition) is 0. The molecule has 0 radical (unpaired) electrons. The highest BCUT2D eigenvalue weighted by atomic mass is 35.5. The van der Waals surface area contributed by atoms with E-state index in [0.29, 0.717) is 5.56 Å². The molecule has 1 aliphatic rings. The first-order valence-corrected chi connectivity index (χ1v) is 7.71. The van der Waals surface area contributed by atoms with Crippen LogP contribution in [-0.4, -0.2) is 26.2 Å². The normalized spacial score (nSPS) is 15.3. The Kier molecular flexibility index (Phi) is 4.30. The Morgan fingerprint density at radius 2 is 1.52 bits per heavy atom. The van der Waals surface area contributed by atoms with Crippen LogP contribution < -0.4 is 9.80 Å². The molecule has 0 aromatic heterocycles. The fourth-order valence-corrected chi connectivity index (χ4v) is 3.08. The number of anilines is 2. The fourth-order valence-electron chi connectivity index (χ4n) is 2.82. The summed E-state index contributed by atoms with van der Waals surface area (Å²) in [7, 11) is 0. The molecule has 0 amide bonds. The van der Waals surface area contributed by atoms with Crippen molar-refractivity contribution in [3.05, 3.63) is 59.9 Å². The molecule has 0 atom stereocenters. The quantitative estimate of drug-likeness (QED) is 0.794. The van der Waals surface area contributed by atoms with Gasteiger partial charge in [-0.15, -0.1) is 11.6 Å². The minimum Gasteiger partial charge on any atom is -0.368 e. The van der Waals surface area contributed by atoms with E-state index in [1.807, 2.05) is 12.1 Å². The van der Waals surface area contributed by atoms with Crippen molar-refractivity contribution < 1.29 is 4.39 Å². The van der Waals surface area contributed by atoms with Crippen LogP contribution in [0.5, 0.6) is 0 Å². The van der Waals surface area contributed by atoms with Gasteiger partial charge in [-0.3, -0.25) is 0 Å². The summed E-state index contributed by atoms with van der Waals surface area (Å²) in [5.74, 6) is -0.00559. The van der Waals surface area contributed by atoms with E-state index in [1.165, 1.54) is 11.8 Å². The first kappa shape index (κ1) is 14.2. The van der Waals surface area contributed by atoms with E-state index in [1.54, 1.807) is 6.07 Å². The van der Waals surface area contributed by atoms with Gasteiger partial charge in [-0.1, -0.05) is 24.3 Å². The zero-order chi connectivity index (χ0) is 14.7. The maximum absolute atomic E-state index is 13.8. The lowest BCUT2D eigenvalue weighted by Gasteiger charge is -2.38. The predicted octanol–water partition coefficient (Wildman–Crippen LogP) is 3.89. The predicted molar refractivity (Wildman–Crippen MR) is 86.8 cm³/mol. The molecule has 0 saturated carbocycles. The van der Waals surface area contributed by atoms with Gasteiger partial charge >= 0.3 is 0 Å². The number of benzene rings is 2. The van der Waals surface area contributed by atoms with Crippen molar-refractivity contribution in [2.24, 2.45) is 0 Å². The summed E-state index contributed by atoms with van der Waals surface area (Å²) in [5.41, 5.74) is 2.78. The third-order valence-corrected chi connectivity index (χ3v) is 4.24. The number of piperazine rings is 1. The summed E-state index contributed by atoms with van der Waals surface area (Å²) >= 11 is 5.90. The number of halogens is 2. The first-order chi connectivity index (χ1) is 10.3. The molecule has 2 aromatic carbocycles. The number of nitrogens with zero attached hydrogens (tertiary/aromatic N) is 2. The van der Waals surface area contributed by atoms with Gasteiger partial charge in [0.1, 0.15) is 5.82 Å². The second-order valence-electron chi connectivity index (χ2n) is 5.18. The monoisotopic (exact) mass is 304 g/mol. The lowest BCUT2D eigenvalue weighted by molar-refractivity contribution is 0.609. The lowest BCUT2D eigenvalue weighted by Crippen LogP contribution is -2.46. The highest BCUT2D eigenvalue weighted by molar-refractivity contribution is 6.17. The molecule has 1 heterocycles. The molecular weight excluding hydrogens is 287 g/mol. The van der Waals surface area contributed by atoms with Crippen LogP contribution in [0.2, 0.25) is 0 Å². The van der Waals surface area contributed by atoms with Crippen molar-refractivity contribution in [2.75, 3.05) is 36.0 Å². The fraction of sp³-hybridized carbons (Fsp3) is 0.294. The van der Waals surface area contributed by atoms with Crippen molar-refractivity contribution in [1.82, 2.24) is 0 Å². The van der Waals surface area contributed by atoms with Crippen LogP contribution in [0, 0.1) is 5.82 Å². The van der Waals surface area contributed by atoms with Crippen molar-refractivity contribution in [1.29, 1.82) is 0 Å². The SMILES string of the molecule is Fc1cccc(N2CCN(c3ccccc3)CC2)c1CCl. The minimum atomic E-state index is -0.215. The Bertz CT molecular complexity index is 595. The Morgan fingerprint density at radius 1 is 0.857 bits per heavy atom. The molecule has 3 rings (SSSR count). The summed E-state index contributed by atoms with van der Waals surface area (Å²) in [6.07, 6.45) is 0. The molecule has 4 heteroatoms. The zero-order valence-corrected chi connectivity index (χ0v) is 12.6. The van der Waals surface area contributed by atoms with Gasteiger partial charge in [0.05, 0.1) is 5.88 Å². The molecule has 0 aliphatic carbocycles. The topological polar surface area (TPSA) is 6.48 Å². The van der Waals surface area contributed by atoms with Gasteiger partial charge in [-0.05, 0) is 24.3 Å². The summed E-state index contributed by atoms with van der Waals surface area (Å²) in [6, 6.07) is 15.6. The van der Waals surface area contributed by atoms with Crippen LogP contribution >= 0.6 is 11.6 Å². The first-order valence-electron chi connectivity index (χ1n) is 7.18. The molecule has 0 bridgehead atoms. The molecule has 1 fully saturated rings. The maximum atomic E-state index is 13.8. The summed E-state index contributed by atoms with van der Waals surface area (Å²) in [4.78, 5) is 4.58. The summed E-state index contributed by atoms with van der Waals surface area (Å²) < 4.78 is 13.8. The summed E-state index contributed by atoms with van der Waals surface area (Å²) in [6.45, 7) is 3.62. The van der Waals surface area contributed by atoms with Gasteiger partial charge in [0, 0.05) is 43.1 Å². The Balaban J connectivity index is 1.73. The van der Waals surface area contributed by atoms with E-state index in [2.05, 4.69) is 34.1 Å². The lowest BCUT2D eigenvalue weighted by atomic mass is 10.1. The smallest absolute Gasteiger partial charge is 0.129 e. The van der Waals surface area contributed by atoms with Crippen molar-refractivity contribution in [3.8, 4) is 0 Å². The molecule has 110 valence electrons. The van der Waals surface area contributed by atoms with E-state index < -0.39 is 0 Å². The van der Waals surface area contributed by atoms with E-state index >= 15 is 0 Å².